The van der Waals surface area contributed by atoms with Crippen LogP contribution in [0.4, 0.5) is 0 Å². The Kier molecular flexibility index (Phi) is 7.48. The highest BCUT2D eigenvalue weighted by Gasteiger charge is 2.19. The number of aryl methyl sites for hydroxylation is 2. The number of benzene rings is 2. The largest absolute Gasteiger partial charge is 0.454 e. The fraction of sp³-hybridized carbons (Fsp3) is 0.296. The third kappa shape index (κ3) is 5.98. The van der Waals surface area contributed by atoms with E-state index >= 15 is 0 Å². The van der Waals surface area contributed by atoms with Crippen molar-refractivity contribution in [2.75, 3.05) is 13.8 Å². The molecule has 0 radical (unpaired) electrons. The van der Waals surface area contributed by atoms with Crippen LogP contribution in [0.3, 0.4) is 0 Å². The molecule has 33 heavy (non-hydrogen) atoms. The van der Waals surface area contributed by atoms with E-state index in [1.165, 1.54) is 5.56 Å². The maximum absolute atomic E-state index is 12.4. The second kappa shape index (κ2) is 10.3. The summed E-state index contributed by atoms with van der Waals surface area (Å²) in [6, 6.07) is 19.1. The molecule has 3 rings (SSSR count). The molecular formula is C27H31N3O3. The van der Waals surface area contributed by atoms with Crippen LogP contribution in [-0.2, 0) is 21.9 Å². The van der Waals surface area contributed by atoms with Gasteiger partial charge in [0.15, 0.2) is 5.76 Å². The Hall–Kier alpha value is -3.67. The van der Waals surface area contributed by atoms with Crippen molar-refractivity contribution in [3.05, 3.63) is 88.7 Å². The molecule has 1 aromatic heterocycles. The van der Waals surface area contributed by atoms with E-state index in [0.29, 0.717) is 11.3 Å². The van der Waals surface area contributed by atoms with E-state index in [1.54, 1.807) is 42.2 Å². The van der Waals surface area contributed by atoms with E-state index in [2.05, 4.69) is 55.1 Å². The zero-order valence-electron chi connectivity index (χ0n) is 20.1. The monoisotopic (exact) mass is 445 g/mol. The highest BCUT2D eigenvalue weighted by Crippen LogP contribution is 2.29. The lowest BCUT2D eigenvalue weighted by Gasteiger charge is -2.20. The van der Waals surface area contributed by atoms with Crippen molar-refractivity contribution in [1.82, 2.24) is 9.78 Å². The van der Waals surface area contributed by atoms with Crippen LogP contribution >= 0.6 is 0 Å². The average molecular weight is 446 g/mol. The number of nitrogens with zero attached hydrogens (tertiary/aromatic N) is 3. The molecular weight excluding hydrogens is 414 g/mol. The minimum atomic E-state index is -0.448. The van der Waals surface area contributed by atoms with Gasteiger partial charge in [-0.2, -0.15) is 5.10 Å². The minimum Gasteiger partial charge on any atom is -0.454 e. The summed E-state index contributed by atoms with van der Waals surface area (Å²) in [6.45, 7) is 8.22. The number of esters is 1. The Morgan fingerprint density at radius 2 is 1.70 bits per heavy atom. The first kappa shape index (κ1) is 24.0. The van der Waals surface area contributed by atoms with Crippen LogP contribution in [0.15, 0.2) is 65.7 Å². The number of hydrogen-bond acceptors (Lipinski definition) is 5. The van der Waals surface area contributed by atoms with Gasteiger partial charge in [-0.1, -0.05) is 63.2 Å². The lowest BCUT2D eigenvalue weighted by molar-refractivity contribution is 0.00663. The van der Waals surface area contributed by atoms with E-state index in [9.17, 15) is 4.79 Å². The predicted octanol–water partition coefficient (Wildman–Crippen LogP) is 5.43. The van der Waals surface area contributed by atoms with Crippen molar-refractivity contribution in [2.45, 2.75) is 33.1 Å². The van der Waals surface area contributed by atoms with Gasteiger partial charge in [-0.25, -0.2) is 4.79 Å². The average Bonchev–Trinajstić information content (AvgIpc) is 3.13. The van der Waals surface area contributed by atoms with Crippen LogP contribution in [0, 0.1) is 6.92 Å². The summed E-state index contributed by atoms with van der Waals surface area (Å²) in [5.74, 6) is 0.0874. The van der Waals surface area contributed by atoms with Crippen molar-refractivity contribution < 1.29 is 14.3 Å². The highest BCUT2D eigenvalue weighted by molar-refractivity contribution is 6.18. The molecule has 0 saturated heterocycles. The lowest BCUT2D eigenvalue weighted by atomic mass is 9.86. The number of allylic oxidation sites excluding steroid dienone is 1. The number of hydrogen-bond donors (Lipinski definition) is 0. The van der Waals surface area contributed by atoms with E-state index in [0.717, 1.165) is 22.5 Å². The van der Waals surface area contributed by atoms with Gasteiger partial charge in [0.05, 0.1) is 11.3 Å². The lowest BCUT2D eigenvalue weighted by Crippen LogP contribution is -2.12. The molecule has 6 nitrogen and oxygen atoms in total. The summed E-state index contributed by atoms with van der Waals surface area (Å²) in [7, 11) is 3.57. The number of aromatic nitrogens is 2. The van der Waals surface area contributed by atoms with Crippen LogP contribution in [0.25, 0.3) is 11.3 Å². The second-order valence-electron chi connectivity index (χ2n) is 8.81. The van der Waals surface area contributed by atoms with Gasteiger partial charge in [0.2, 0.25) is 6.79 Å². The normalized spacial score (nSPS) is 12.5. The third-order valence-corrected chi connectivity index (χ3v) is 5.20. The highest BCUT2D eigenvalue weighted by atomic mass is 16.7. The Morgan fingerprint density at radius 3 is 2.24 bits per heavy atom. The summed E-state index contributed by atoms with van der Waals surface area (Å²) in [6.07, 6.45) is 1.75. The quantitative estimate of drug-likeness (QED) is 0.211. The summed E-state index contributed by atoms with van der Waals surface area (Å²) in [4.78, 5) is 16.6. The smallest absolute Gasteiger partial charge is 0.340 e. The standard InChI is InChI=1S/C27H31N3O3/c1-19-16-24(30(6)29-19)25(32-18-33-26(31)21-10-8-7-9-11-21)23(17-28-5)20-12-14-22(15-13-20)27(2,3)4/h7-17H,18H2,1-6H3/b25-23-,28-17?. The van der Waals surface area contributed by atoms with Crippen molar-refractivity contribution >= 4 is 23.5 Å². The Labute approximate surface area is 195 Å². The molecule has 0 aliphatic carbocycles. The number of aliphatic imine (C=N–C) groups is 1. The van der Waals surface area contributed by atoms with Crippen LogP contribution in [0.5, 0.6) is 0 Å². The summed E-state index contributed by atoms with van der Waals surface area (Å²) in [5, 5.41) is 4.46. The molecule has 0 atom stereocenters. The SMILES string of the molecule is CN=C/C(=C(/OCOC(=O)c1ccccc1)c1cc(C)nn1C)c1ccc(C(C)(C)C)cc1. The van der Waals surface area contributed by atoms with Gasteiger partial charge in [0.1, 0.15) is 5.69 Å². The molecule has 0 saturated carbocycles. The second-order valence-corrected chi connectivity index (χ2v) is 8.81. The molecule has 6 heteroatoms. The number of carbonyl (C=O) groups is 1. The maximum atomic E-state index is 12.4. The zero-order chi connectivity index (χ0) is 24.0. The first-order chi connectivity index (χ1) is 15.7. The van der Waals surface area contributed by atoms with E-state index in [-0.39, 0.29) is 12.2 Å². The van der Waals surface area contributed by atoms with Gasteiger partial charge in [0.25, 0.3) is 0 Å². The zero-order valence-corrected chi connectivity index (χ0v) is 20.1. The topological polar surface area (TPSA) is 65.7 Å². The molecule has 2 aromatic carbocycles. The summed E-state index contributed by atoms with van der Waals surface area (Å²) < 4.78 is 13.2. The van der Waals surface area contributed by atoms with Crippen molar-refractivity contribution in [1.29, 1.82) is 0 Å². The van der Waals surface area contributed by atoms with E-state index in [4.69, 9.17) is 9.47 Å². The van der Waals surface area contributed by atoms with E-state index < -0.39 is 5.97 Å². The fourth-order valence-electron chi connectivity index (χ4n) is 3.46. The summed E-state index contributed by atoms with van der Waals surface area (Å²) in [5.41, 5.74) is 5.08. The van der Waals surface area contributed by atoms with Gasteiger partial charge in [-0.15, -0.1) is 0 Å². The number of rotatable bonds is 7. The number of carbonyl (C=O) groups excluding carboxylic acids is 1. The number of ether oxygens (including phenoxy) is 2. The van der Waals surface area contributed by atoms with Gasteiger partial charge in [-0.3, -0.25) is 9.67 Å². The van der Waals surface area contributed by atoms with Crippen LogP contribution in [0.2, 0.25) is 0 Å². The molecule has 172 valence electrons. The predicted molar refractivity (Wildman–Crippen MR) is 132 cm³/mol. The molecule has 0 amide bonds. The Morgan fingerprint density at radius 1 is 1.03 bits per heavy atom. The minimum absolute atomic E-state index is 0.0470. The third-order valence-electron chi connectivity index (χ3n) is 5.20. The van der Waals surface area contributed by atoms with Gasteiger partial charge >= 0.3 is 5.97 Å². The molecule has 1 heterocycles. The van der Waals surface area contributed by atoms with Gasteiger partial charge in [-0.05, 0) is 41.7 Å². The van der Waals surface area contributed by atoms with Crippen LogP contribution in [0.1, 0.15) is 53.6 Å². The first-order valence-corrected chi connectivity index (χ1v) is 10.8. The van der Waals surface area contributed by atoms with Crippen LogP contribution in [-0.4, -0.2) is 35.8 Å². The van der Waals surface area contributed by atoms with Gasteiger partial charge < -0.3 is 9.47 Å². The van der Waals surface area contributed by atoms with Crippen LogP contribution < -0.4 is 0 Å². The van der Waals surface area contributed by atoms with E-state index in [1.807, 2.05) is 26.1 Å². The molecule has 3 aromatic rings. The molecule has 0 N–H and O–H groups in total. The fourth-order valence-corrected chi connectivity index (χ4v) is 3.46. The molecule has 0 bridgehead atoms. The van der Waals surface area contributed by atoms with Gasteiger partial charge in [0, 0.05) is 25.9 Å². The van der Waals surface area contributed by atoms with Crippen molar-refractivity contribution in [3.63, 3.8) is 0 Å². The molecule has 0 aliphatic rings. The molecule has 0 spiro atoms. The maximum Gasteiger partial charge on any atom is 0.340 e. The Bertz CT molecular complexity index is 1150. The molecule has 0 unspecified atom stereocenters. The van der Waals surface area contributed by atoms with Crippen molar-refractivity contribution in [3.8, 4) is 0 Å². The van der Waals surface area contributed by atoms with Crippen molar-refractivity contribution in [2.24, 2.45) is 12.0 Å². The first-order valence-electron chi connectivity index (χ1n) is 10.8. The summed E-state index contributed by atoms with van der Waals surface area (Å²) >= 11 is 0. The molecule has 0 fully saturated rings. The molecule has 0 aliphatic heterocycles. The Balaban J connectivity index is 1.98.